The molecule has 3 rings (SSSR count). The number of H-pyrrole nitrogens is 1. The molecular weight excluding hydrogens is 240 g/mol. The van der Waals surface area contributed by atoms with Gasteiger partial charge in [-0.2, -0.15) is 0 Å². The number of nitrogens with zero attached hydrogens (tertiary/aromatic N) is 1. The van der Waals surface area contributed by atoms with Crippen LogP contribution in [-0.4, -0.2) is 9.55 Å². The monoisotopic (exact) mass is 258 g/mol. The molecule has 94 valence electrons. The molecule has 1 fully saturated rings. The van der Waals surface area contributed by atoms with Crippen LogP contribution in [0, 0.1) is 10.7 Å². The molecule has 0 atom stereocenters. The highest BCUT2D eigenvalue weighted by molar-refractivity contribution is 7.71. The van der Waals surface area contributed by atoms with Crippen molar-refractivity contribution >= 4 is 12.2 Å². The fraction of sp³-hybridized carbons (Fsp3) is 0.400. The van der Waals surface area contributed by atoms with Gasteiger partial charge in [0.05, 0.1) is 5.69 Å². The molecule has 0 aliphatic heterocycles. The third-order valence-corrected chi connectivity index (χ3v) is 3.97. The largest absolute Gasteiger partial charge is 0.337 e. The lowest BCUT2D eigenvalue weighted by molar-refractivity contribution is 0.576. The normalized spacial score (nSPS) is 14.9. The number of rotatable bonds is 5. The van der Waals surface area contributed by atoms with E-state index in [0.29, 0.717) is 0 Å². The van der Waals surface area contributed by atoms with Crippen molar-refractivity contribution in [3.8, 4) is 11.3 Å². The minimum absolute atomic E-state index is 0.838. The minimum atomic E-state index is 0.838. The number of aromatic amines is 1. The molecule has 0 radical (unpaired) electrons. The van der Waals surface area contributed by atoms with Crippen molar-refractivity contribution in [3.63, 3.8) is 0 Å². The van der Waals surface area contributed by atoms with Crippen LogP contribution in [0.5, 0.6) is 0 Å². The second kappa shape index (κ2) is 5.11. The average Bonchev–Trinajstić information content (AvgIpc) is 3.15. The number of imidazole rings is 1. The lowest BCUT2D eigenvalue weighted by atomic mass is 10.1. The molecule has 1 aliphatic rings. The van der Waals surface area contributed by atoms with Crippen molar-refractivity contribution in [1.29, 1.82) is 0 Å². The number of aromatic nitrogens is 2. The molecule has 0 unspecified atom stereocenters. The summed E-state index contributed by atoms with van der Waals surface area (Å²) in [4.78, 5) is 3.17. The summed E-state index contributed by atoms with van der Waals surface area (Å²) in [5, 5.41) is 0. The molecule has 3 heteroatoms. The Morgan fingerprint density at radius 2 is 2.00 bits per heavy atom. The van der Waals surface area contributed by atoms with E-state index in [2.05, 4.69) is 33.8 Å². The van der Waals surface area contributed by atoms with E-state index in [0.717, 1.165) is 17.2 Å². The van der Waals surface area contributed by atoms with Crippen molar-refractivity contribution in [1.82, 2.24) is 9.55 Å². The molecule has 0 spiro atoms. The van der Waals surface area contributed by atoms with Gasteiger partial charge in [0.1, 0.15) is 0 Å². The Labute approximate surface area is 113 Å². The van der Waals surface area contributed by atoms with Gasteiger partial charge in [0.2, 0.25) is 0 Å². The smallest absolute Gasteiger partial charge is 0.177 e. The maximum atomic E-state index is 5.37. The Bertz CT molecular complexity index is 564. The molecular formula is C15H18N2S. The van der Waals surface area contributed by atoms with Gasteiger partial charge in [0.15, 0.2) is 4.77 Å². The molecule has 1 aromatic heterocycles. The topological polar surface area (TPSA) is 20.7 Å². The molecule has 0 bridgehead atoms. The summed E-state index contributed by atoms with van der Waals surface area (Å²) in [6.45, 7) is 1.03. The Morgan fingerprint density at radius 3 is 2.72 bits per heavy atom. The predicted octanol–water partition coefficient (Wildman–Crippen LogP) is 4.40. The average molecular weight is 258 g/mol. The van der Waals surface area contributed by atoms with E-state index in [-0.39, 0.29) is 0 Å². The maximum absolute atomic E-state index is 5.37. The summed E-state index contributed by atoms with van der Waals surface area (Å²) in [5.74, 6) is 0.998. The number of nitrogens with one attached hydrogen (secondary N) is 1. The van der Waals surface area contributed by atoms with Gasteiger partial charge >= 0.3 is 0 Å². The van der Waals surface area contributed by atoms with Crippen molar-refractivity contribution < 1.29 is 0 Å². The number of hydrogen-bond donors (Lipinski definition) is 1. The van der Waals surface area contributed by atoms with Crippen molar-refractivity contribution in [2.24, 2.45) is 5.92 Å². The van der Waals surface area contributed by atoms with E-state index >= 15 is 0 Å². The molecule has 0 saturated heterocycles. The summed E-state index contributed by atoms with van der Waals surface area (Å²) in [5.41, 5.74) is 2.44. The maximum Gasteiger partial charge on any atom is 0.177 e. The molecule has 2 aromatic rings. The van der Waals surface area contributed by atoms with Gasteiger partial charge < -0.3 is 9.55 Å². The number of hydrogen-bond acceptors (Lipinski definition) is 1. The highest BCUT2D eigenvalue weighted by atomic mass is 32.1. The standard InChI is InChI=1S/C15H18N2S/c18-15-16-11-14(13-6-2-1-3-7-13)17(15)10-4-5-12-8-9-12/h1-3,6-7,11-12H,4-5,8-10H2,(H,16,18). The molecule has 18 heavy (non-hydrogen) atoms. The minimum Gasteiger partial charge on any atom is -0.337 e. The lowest BCUT2D eigenvalue weighted by Crippen LogP contribution is -2.00. The van der Waals surface area contributed by atoms with Gasteiger partial charge in [-0.15, -0.1) is 0 Å². The van der Waals surface area contributed by atoms with E-state index in [1.807, 2.05) is 12.3 Å². The molecule has 1 saturated carbocycles. The Hall–Kier alpha value is -1.35. The van der Waals surface area contributed by atoms with Gasteiger partial charge in [0.25, 0.3) is 0 Å². The summed E-state index contributed by atoms with van der Waals surface area (Å²) >= 11 is 5.37. The van der Waals surface area contributed by atoms with Crippen LogP contribution in [0.25, 0.3) is 11.3 Å². The van der Waals surface area contributed by atoms with E-state index in [4.69, 9.17) is 12.2 Å². The van der Waals surface area contributed by atoms with Gasteiger partial charge in [-0.05, 0) is 36.5 Å². The summed E-state index contributed by atoms with van der Waals surface area (Å²) in [6.07, 6.45) is 7.47. The zero-order valence-electron chi connectivity index (χ0n) is 10.4. The van der Waals surface area contributed by atoms with Gasteiger partial charge in [0, 0.05) is 12.7 Å². The number of benzene rings is 1. The van der Waals surface area contributed by atoms with E-state index in [1.165, 1.54) is 36.9 Å². The first-order chi connectivity index (χ1) is 8.84. The second-order valence-corrected chi connectivity index (χ2v) is 5.47. The second-order valence-electron chi connectivity index (χ2n) is 5.08. The first kappa shape index (κ1) is 11.7. The summed E-state index contributed by atoms with van der Waals surface area (Å²) < 4.78 is 3.07. The van der Waals surface area contributed by atoms with E-state index in [9.17, 15) is 0 Å². The first-order valence-electron chi connectivity index (χ1n) is 6.68. The van der Waals surface area contributed by atoms with Crippen LogP contribution >= 0.6 is 12.2 Å². The van der Waals surface area contributed by atoms with Gasteiger partial charge in [-0.25, -0.2) is 0 Å². The van der Waals surface area contributed by atoms with Crippen LogP contribution in [0.2, 0.25) is 0 Å². The van der Waals surface area contributed by atoms with Crippen LogP contribution in [0.4, 0.5) is 0 Å². The van der Waals surface area contributed by atoms with Crippen molar-refractivity contribution in [2.75, 3.05) is 0 Å². The molecule has 0 amide bonds. The van der Waals surface area contributed by atoms with Crippen LogP contribution in [0.1, 0.15) is 25.7 Å². The van der Waals surface area contributed by atoms with Gasteiger partial charge in [-0.3, -0.25) is 0 Å². The summed E-state index contributed by atoms with van der Waals surface area (Å²) in [7, 11) is 0. The SMILES string of the molecule is S=c1[nH]cc(-c2ccccc2)n1CCCC1CC1. The molecule has 1 aliphatic carbocycles. The zero-order chi connectivity index (χ0) is 12.4. The quantitative estimate of drug-likeness (QED) is 0.788. The molecule has 2 nitrogen and oxygen atoms in total. The first-order valence-corrected chi connectivity index (χ1v) is 7.09. The van der Waals surface area contributed by atoms with Crippen LogP contribution in [0.3, 0.4) is 0 Å². The molecule has 1 aromatic carbocycles. The third kappa shape index (κ3) is 2.56. The van der Waals surface area contributed by atoms with Gasteiger partial charge in [-0.1, -0.05) is 43.2 Å². The van der Waals surface area contributed by atoms with Crippen LogP contribution in [-0.2, 0) is 6.54 Å². The Kier molecular flexibility index (Phi) is 3.33. The highest BCUT2D eigenvalue weighted by Gasteiger charge is 2.20. The third-order valence-electron chi connectivity index (χ3n) is 3.63. The van der Waals surface area contributed by atoms with Crippen LogP contribution < -0.4 is 0 Å². The summed E-state index contributed by atoms with van der Waals surface area (Å²) in [6, 6.07) is 10.5. The Morgan fingerprint density at radius 1 is 1.22 bits per heavy atom. The van der Waals surface area contributed by atoms with Crippen LogP contribution in [0.15, 0.2) is 36.5 Å². The molecule has 1 N–H and O–H groups in total. The Balaban J connectivity index is 1.79. The van der Waals surface area contributed by atoms with E-state index in [1.54, 1.807) is 0 Å². The fourth-order valence-electron chi connectivity index (χ4n) is 2.41. The zero-order valence-corrected chi connectivity index (χ0v) is 11.2. The van der Waals surface area contributed by atoms with E-state index < -0.39 is 0 Å². The van der Waals surface area contributed by atoms with Crippen molar-refractivity contribution in [3.05, 3.63) is 41.3 Å². The highest BCUT2D eigenvalue weighted by Crippen LogP contribution is 2.33. The van der Waals surface area contributed by atoms with Crippen molar-refractivity contribution in [2.45, 2.75) is 32.2 Å². The lowest BCUT2D eigenvalue weighted by Gasteiger charge is -2.08. The fourth-order valence-corrected chi connectivity index (χ4v) is 2.66. The predicted molar refractivity (Wildman–Crippen MR) is 77.0 cm³/mol. The molecule has 1 heterocycles.